The summed E-state index contributed by atoms with van der Waals surface area (Å²) in [6, 6.07) is 1.78. The molecule has 0 unspecified atom stereocenters. The number of alkyl halides is 4. The van der Waals surface area contributed by atoms with Crippen molar-refractivity contribution in [2.75, 3.05) is 10.6 Å². The highest BCUT2D eigenvalue weighted by Crippen LogP contribution is 2.39. The van der Waals surface area contributed by atoms with Crippen LogP contribution in [0.3, 0.4) is 0 Å². The van der Waals surface area contributed by atoms with E-state index in [4.69, 9.17) is 11.6 Å². The molecule has 0 radical (unpaired) electrons. The molecule has 2 rings (SSSR count). The van der Waals surface area contributed by atoms with Crippen molar-refractivity contribution in [1.82, 2.24) is 20.2 Å². The molecular weight excluding hydrogens is 424 g/mol. The normalized spacial score (nSPS) is 11.4. The highest BCUT2D eigenvalue weighted by atomic mass is 35.5. The Morgan fingerprint density at radius 3 is 2.55 bits per heavy atom. The van der Waals surface area contributed by atoms with E-state index < -0.39 is 40.8 Å². The van der Waals surface area contributed by atoms with Crippen molar-refractivity contribution in [1.29, 1.82) is 0 Å². The predicted octanol–water partition coefficient (Wildman–Crippen LogP) is 3.18. The van der Waals surface area contributed by atoms with Crippen molar-refractivity contribution in [2.45, 2.75) is 39.3 Å². The topological polar surface area (TPSA) is 111 Å². The number of aryl methyl sites for hydroxylation is 1. The maximum Gasteiger partial charge on any atom is 0.461 e. The predicted molar refractivity (Wildman–Crippen MR) is 93.4 cm³/mol. The van der Waals surface area contributed by atoms with Crippen LogP contribution in [-0.4, -0.2) is 44.6 Å². The van der Waals surface area contributed by atoms with Gasteiger partial charge in [0.15, 0.2) is 5.75 Å². The van der Waals surface area contributed by atoms with Crippen molar-refractivity contribution in [3.05, 3.63) is 22.7 Å². The number of amides is 2. The standard InChI is InChI=1S/C15H15ClF4N6O3/c1-3-9(27)21-11-8(29-15(19,20)13(17)18)6-5-7(10(11)16)12(28)22-14-23-24-25-26(14)4-2/h5-6,13H,3-4H2,1-2H3,(H,21,27)(H,22,23,25,28). The summed E-state index contributed by atoms with van der Waals surface area (Å²) >= 11 is 6.09. The SMILES string of the molecule is CCC(=O)Nc1c(OC(F)(F)C(F)F)ccc(C(=O)Nc2nnnn2CC)c1Cl. The van der Waals surface area contributed by atoms with E-state index in [9.17, 15) is 27.2 Å². The lowest BCUT2D eigenvalue weighted by Gasteiger charge is -2.21. The second kappa shape index (κ2) is 9.03. The highest BCUT2D eigenvalue weighted by molar-refractivity contribution is 6.37. The van der Waals surface area contributed by atoms with Gasteiger partial charge in [0.2, 0.25) is 11.9 Å². The number of halogens is 5. The molecule has 0 aliphatic carbocycles. The van der Waals surface area contributed by atoms with E-state index in [2.05, 4.69) is 30.9 Å². The molecular formula is C15H15ClF4N6O3. The summed E-state index contributed by atoms with van der Waals surface area (Å²) in [5.74, 6) is -2.36. The van der Waals surface area contributed by atoms with E-state index in [1.807, 2.05) is 0 Å². The number of aromatic nitrogens is 4. The van der Waals surface area contributed by atoms with Crippen molar-refractivity contribution in [2.24, 2.45) is 0 Å². The van der Waals surface area contributed by atoms with Crippen LogP contribution in [0.2, 0.25) is 5.02 Å². The van der Waals surface area contributed by atoms with Gasteiger partial charge in [-0.3, -0.25) is 14.9 Å². The van der Waals surface area contributed by atoms with E-state index in [0.29, 0.717) is 6.54 Å². The molecule has 2 N–H and O–H groups in total. The molecule has 0 bridgehead atoms. The molecule has 0 aliphatic heterocycles. The zero-order valence-corrected chi connectivity index (χ0v) is 15.8. The monoisotopic (exact) mass is 438 g/mol. The summed E-state index contributed by atoms with van der Waals surface area (Å²) in [5.41, 5.74) is -0.821. The second-order valence-corrected chi connectivity index (χ2v) is 5.82. The van der Waals surface area contributed by atoms with Gasteiger partial charge in [-0.05, 0) is 29.5 Å². The fraction of sp³-hybridized carbons (Fsp3) is 0.400. The minimum absolute atomic E-state index is 0.0164. The van der Waals surface area contributed by atoms with Crippen molar-refractivity contribution in [3.8, 4) is 5.75 Å². The Bertz CT molecular complexity index is 908. The molecule has 0 atom stereocenters. The van der Waals surface area contributed by atoms with E-state index in [1.165, 1.54) is 11.6 Å². The van der Waals surface area contributed by atoms with Crippen LogP contribution in [0.5, 0.6) is 5.75 Å². The van der Waals surface area contributed by atoms with Gasteiger partial charge < -0.3 is 10.1 Å². The molecule has 1 aromatic carbocycles. The van der Waals surface area contributed by atoms with Crippen LogP contribution in [0.1, 0.15) is 30.6 Å². The van der Waals surface area contributed by atoms with Crippen molar-refractivity contribution < 1.29 is 31.9 Å². The van der Waals surface area contributed by atoms with Crippen LogP contribution in [-0.2, 0) is 11.3 Å². The first-order chi connectivity index (χ1) is 13.6. The molecule has 29 heavy (non-hydrogen) atoms. The summed E-state index contributed by atoms with van der Waals surface area (Å²) in [4.78, 5) is 24.2. The van der Waals surface area contributed by atoms with Crippen molar-refractivity contribution in [3.63, 3.8) is 0 Å². The molecule has 9 nitrogen and oxygen atoms in total. The minimum Gasteiger partial charge on any atom is -0.426 e. The first-order valence-corrected chi connectivity index (χ1v) is 8.53. The molecule has 1 heterocycles. The number of benzene rings is 1. The maximum absolute atomic E-state index is 13.3. The summed E-state index contributed by atoms with van der Waals surface area (Å²) in [7, 11) is 0. The van der Waals surface area contributed by atoms with Gasteiger partial charge in [-0.25, -0.2) is 4.68 Å². The smallest absolute Gasteiger partial charge is 0.426 e. The summed E-state index contributed by atoms with van der Waals surface area (Å²) in [6.45, 7) is 3.51. The van der Waals surface area contributed by atoms with Gasteiger partial charge in [-0.15, -0.1) is 0 Å². The first kappa shape index (κ1) is 22.3. The fourth-order valence-electron chi connectivity index (χ4n) is 2.03. The van der Waals surface area contributed by atoms with Crippen LogP contribution in [0.4, 0.5) is 29.2 Å². The van der Waals surface area contributed by atoms with Gasteiger partial charge in [-0.2, -0.15) is 17.6 Å². The van der Waals surface area contributed by atoms with Crippen LogP contribution in [0.25, 0.3) is 0 Å². The number of rotatable bonds is 8. The summed E-state index contributed by atoms with van der Waals surface area (Å²) in [5, 5.41) is 14.6. The number of anilines is 2. The number of carbonyl (C=O) groups excluding carboxylic acids is 2. The van der Waals surface area contributed by atoms with E-state index in [1.54, 1.807) is 6.92 Å². The number of nitrogens with one attached hydrogen (secondary N) is 2. The largest absolute Gasteiger partial charge is 0.461 e. The lowest BCUT2D eigenvalue weighted by Crippen LogP contribution is -2.34. The molecule has 1 aromatic heterocycles. The molecule has 2 amide bonds. The Hall–Kier alpha value is -2.96. The average Bonchev–Trinajstić information content (AvgIpc) is 3.11. The number of carbonyl (C=O) groups is 2. The second-order valence-electron chi connectivity index (χ2n) is 5.44. The molecule has 158 valence electrons. The Morgan fingerprint density at radius 1 is 1.28 bits per heavy atom. The third kappa shape index (κ3) is 5.10. The molecule has 14 heteroatoms. The molecule has 0 spiro atoms. The Morgan fingerprint density at radius 2 is 1.97 bits per heavy atom. The Kier molecular flexibility index (Phi) is 6.95. The Labute approximate surface area is 166 Å². The van der Waals surface area contributed by atoms with Gasteiger partial charge in [-0.1, -0.05) is 23.6 Å². The number of nitrogens with zero attached hydrogens (tertiary/aromatic N) is 4. The molecule has 0 saturated heterocycles. The number of tetrazole rings is 1. The van der Waals surface area contributed by atoms with E-state index in [-0.39, 0.29) is 17.9 Å². The van der Waals surface area contributed by atoms with Crippen LogP contribution in [0, 0.1) is 0 Å². The molecule has 0 saturated carbocycles. The van der Waals surface area contributed by atoms with Crippen LogP contribution >= 0.6 is 11.6 Å². The minimum atomic E-state index is -4.85. The zero-order chi connectivity index (χ0) is 21.8. The highest BCUT2D eigenvalue weighted by Gasteiger charge is 2.44. The Balaban J connectivity index is 2.43. The van der Waals surface area contributed by atoms with Gasteiger partial charge in [0.1, 0.15) is 5.69 Å². The van der Waals surface area contributed by atoms with E-state index in [0.717, 1.165) is 12.1 Å². The molecule has 2 aromatic rings. The molecule has 0 fully saturated rings. The third-order valence-electron chi connectivity index (χ3n) is 3.49. The zero-order valence-electron chi connectivity index (χ0n) is 15.0. The van der Waals surface area contributed by atoms with Gasteiger partial charge >= 0.3 is 12.5 Å². The summed E-state index contributed by atoms with van der Waals surface area (Å²) in [6.07, 6.45) is -9.06. The quantitative estimate of drug-likeness (QED) is 0.612. The average molecular weight is 439 g/mol. The number of ether oxygens (including phenoxy) is 1. The lowest BCUT2D eigenvalue weighted by molar-refractivity contribution is -0.252. The van der Waals surface area contributed by atoms with Gasteiger partial charge in [0.25, 0.3) is 5.91 Å². The van der Waals surface area contributed by atoms with Crippen LogP contribution < -0.4 is 15.4 Å². The number of hydrogen-bond acceptors (Lipinski definition) is 6. The van der Waals surface area contributed by atoms with Crippen molar-refractivity contribution >= 4 is 35.1 Å². The third-order valence-corrected chi connectivity index (χ3v) is 3.88. The van der Waals surface area contributed by atoms with Gasteiger partial charge in [0.05, 0.1) is 10.6 Å². The number of hydrogen-bond donors (Lipinski definition) is 2. The maximum atomic E-state index is 13.3. The van der Waals surface area contributed by atoms with E-state index >= 15 is 0 Å². The fourth-order valence-corrected chi connectivity index (χ4v) is 2.32. The van der Waals surface area contributed by atoms with Crippen LogP contribution in [0.15, 0.2) is 12.1 Å². The first-order valence-electron chi connectivity index (χ1n) is 8.15. The lowest BCUT2D eigenvalue weighted by atomic mass is 10.1. The van der Waals surface area contributed by atoms with Gasteiger partial charge in [0, 0.05) is 13.0 Å². The molecule has 0 aliphatic rings. The summed E-state index contributed by atoms with van der Waals surface area (Å²) < 4.78 is 56.9.